The summed E-state index contributed by atoms with van der Waals surface area (Å²) in [7, 11) is 0. The van der Waals surface area contributed by atoms with Gasteiger partial charge >= 0.3 is 12.1 Å². The molecule has 0 saturated carbocycles. The van der Waals surface area contributed by atoms with E-state index in [-0.39, 0.29) is 18.7 Å². The number of carboxylic acid groups (broad SMARTS) is 1. The van der Waals surface area contributed by atoms with Crippen LogP contribution in [0.1, 0.15) is 29.2 Å². The lowest BCUT2D eigenvalue weighted by molar-refractivity contribution is -0.149. The Morgan fingerprint density at radius 3 is 2.33 bits per heavy atom. The molecule has 186 valence electrons. The first-order chi connectivity index (χ1) is 17.1. The Labute approximate surface area is 206 Å². The summed E-state index contributed by atoms with van der Waals surface area (Å²) in [4.78, 5) is 14.9. The number of pyridine rings is 1. The predicted molar refractivity (Wildman–Crippen MR) is 130 cm³/mol. The maximum atomic E-state index is 13.5. The van der Waals surface area contributed by atoms with Crippen molar-refractivity contribution >= 4 is 16.9 Å². The number of aryl methyl sites for hydroxylation is 1. The van der Waals surface area contributed by atoms with Crippen LogP contribution in [0.5, 0.6) is 5.75 Å². The van der Waals surface area contributed by atoms with E-state index < -0.39 is 23.8 Å². The maximum Gasteiger partial charge on any atom is 0.418 e. The largest absolute Gasteiger partial charge is 0.489 e. The number of hydrogen-bond donors (Lipinski definition) is 1. The van der Waals surface area contributed by atoms with E-state index in [0.717, 1.165) is 28.3 Å². The molecule has 0 fully saturated rings. The van der Waals surface area contributed by atoms with Crippen molar-refractivity contribution < 1.29 is 32.5 Å². The van der Waals surface area contributed by atoms with E-state index in [1.54, 1.807) is 24.3 Å². The van der Waals surface area contributed by atoms with Gasteiger partial charge in [0.1, 0.15) is 12.4 Å². The lowest BCUT2D eigenvalue weighted by atomic mass is 9.95. The van der Waals surface area contributed by atoms with Crippen LogP contribution in [0, 0.1) is 6.92 Å². The number of para-hydroxylation sites is 1. The lowest BCUT2D eigenvalue weighted by Crippen LogP contribution is -2.19. The van der Waals surface area contributed by atoms with E-state index in [9.17, 15) is 18.0 Å². The van der Waals surface area contributed by atoms with E-state index in [4.69, 9.17) is 14.6 Å². The van der Waals surface area contributed by atoms with Gasteiger partial charge in [0.15, 0.2) is 6.10 Å². The second-order valence-corrected chi connectivity index (χ2v) is 8.44. The third-order valence-corrected chi connectivity index (χ3v) is 5.79. The average molecular weight is 495 g/mol. The first kappa shape index (κ1) is 25.2. The van der Waals surface area contributed by atoms with Crippen LogP contribution < -0.4 is 4.74 Å². The summed E-state index contributed by atoms with van der Waals surface area (Å²) in [6, 6.07) is 18.7. The van der Waals surface area contributed by atoms with E-state index in [1.807, 2.05) is 37.3 Å². The fourth-order valence-corrected chi connectivity index (χ4v) is 3.87. The van der Waals surface area contributed by atoms with Gasteiger partial charge in [-0.2, -0.15) is 13.2 Å². The molecule has 0 aliphatic carbocycles. The molecular weight excluding hydrogens is 471 g/mol. The van der Waals surface area contributed by atoms with Gasteiger partial charge in [0.25, 0.3) is 0 Å². The van der Waals surface area contributed by atoms with E-state index in [1.165, 1.54) is 19.2 Å². The summed E-state index contributed by atoms with van der Waals surface area (Å²) in [6.07, 6.45) is -3.93. The number of rotatable bonds is 8. The van der Waals surface area contributed by atoms with Crippen molar-refractivity contribution in [2.75, 3.05) is 0 Å². The Morgan fingerprint density at radius 2 is 1.67 bits per heavy atom. The number of halogens is 3. The molecule has 1 unspecified atom stereocenters. The highest BCUT2D eigenvalue weighted by atomic mass is 19.4. The monoisotopic (exact) mass is 495 g/mol. The van der Waals surface area contributed by atoms with Gasteiger partial charge in [0.05, 0.1) is 17.7 Å². The van der Waals surface area contributed by atoms with Crippen molar-refractivity contribution in [1.82, 2.24) is 4.98 Å². The molecule has 1 heterocycles. The fourth-order valence-electron chi connectivity index (χ4n) is 3.87. The molecule has 0 aliphatic heterocycles. The minimum atomic E-state index is -4.50. The maximum absolute atomic E-state index is 13.5. The number of ether oxygens (including phenoxy) is 2. The summed E-state index contributed by atoms with van der Waals surface area (Å²) in [5, 5.41) is 9.32. The molecule has 0 radical (unpaired) electrons. The molecule has 0 spiro atoms. The number of hydrogen-bond acceptors (Lipinski definition) is 4. The van der Waals surface area contributed by atoms with Crippen LogP contribution in [0.15, 0.2) is 72.9 Å². The SMILES string of the molecule is Cc1cnc2c(C(F)(F)F)cccc2c1-c1cccc(OCc2ccc(COC(C)C(=O)O)cc2)c1. The molecular formula is C28H24F3NO4. The molecule has 1 atom stereocenters. The Bertz CT molecular complexity index is 1380. The number of aromatic nitrogens is 1. The lowest BCUT2D eigenvalue weighted by Gasteiger charge is -2.15. The highest BCUT2D eigenvalue weighted by Gasteiger charge is 2.33. The first-order valence-electron chi connectivity index (χ1n) is 11.2. The summed E-state index contributed by atoms with van der Waals surface area (Å²) in [5.41, 5.74) is 3.06. The molecule has 0 bridgehead atoms. The minimum absolute atomic E-state index is 0.0845. The Balaban J connectivity index is 1.53. The third-order valence-electron chi connectivity index (χ3n) is 5.79. The zero-order chi connectivity index (χ0) is 25.9. The second kappa shape index (κ2) is 10.4. The van der Waals surface area contributed by atoms with Crippen molar-refractivity contribution in [3.8, 4) is 16.9 Å². The van der Waals surface area contributed by atoms with Crippen LogP contribution in [0.2, 0.25) is 0 Å². The van der Waals surface area contributed by atoms with E-state index in [2.05, 4.69) is 4.98 Å². The molecule has 0 saturated heterocycles. The highest BCUT2D eigenvalue weighted by Crippen LogP contribution is 2.38. The minimum Gasteiger partial charge on any atom is -0.489 e. The molecule has 8 heteroatoms. The van der Waals surface area contributed by atoms with Crippen LogP contribution in [0.4, 0.5) is 13.2 Å². The van der Waals surface area contributed by atoms with Gasteiger partial charge in [-0.1, -0.05) is 48.5 Å². The Hall–Kier alpha value is -3.91. The smallest absolute Gasteiger partial charge is 0.418 e. The van der Waals surface area contributed by atoms with Gasteiger partial charge in [0.2, 0.25) is 0 Å². The van der Waals surface area contributed by atoms with Crippen LogP contribution in [-0.2, 0) is 28.9 Å². The van der Waals surface area contributed by atoms with Crippen LogP contribution in [0.3, 0.4) is 0 Å². The highest BCUT2D eigenvalue weighted by molar-refractivity contribution is 5.97. The van der Waals surface area contributed by atoms with Crippen molar-refractivity contribution in [2.24, 2.45) is 0 Å². The Morgan fingerprint density at radius 1 is 1.00 bits per heavy atom. The number of nitrogens with zero attached hydrogens (tertiary/aromatic N) is 1. The van der Waals surface area contributed by atoms with E-state index >= 15 is 0 Å². The van der Waals surface area contributed by atoms with Gasteiger partial charge in [-0.25, -0.2) is 4.79 Å². The zero-order valence-electron chi connectivity index (χ0n) is 19.7. The summed E-state index contributed by atoms with van der Waals surface area (Å²) >= 11 is 0. The molecule has 4 aromatic rings. The molecule has 0 aliphatic rings. The Kier molecular flexibility index (Phi) is 7.26. The predicted octanol–water partition coefficient (Wildman–Crippen LogP) is 6.80. The number of aliphatic carboxylic acids is 1. The standard InChI is InChI=1S/C28H24F3NO4/c1-17-14-32-26-23(7-4-8-24(26)28(29,30)31)25(17)21-5-3-6-22(13-21)36-16-20-11-9-19(10-12-20)15-35-18(2)27(33)34/h3-14,18H,15-16H2,1-2H3,(H,33,34). The van der Waals surface area contributed by atoms with Gasteiger partial charge in [0, 0.05) is 11.6 Å². The molecule has 1 aromatic heterocycles. The normalized spacial score (nSPS) is 12.5. The molecule has 36 heavy (non-hydrogen) atoms. The quantitative estimate of drug-likeness (QED) is 0.291. The van der Waals surface area contributed by atoms with Crippen molar-refractivity contribution in [3.63, 3.8) is 0 Å². The van der Waals surface area contributed by atoms with Crippen LogP contribution in [-0.4, -0.2) is 22.2 Å². The summed E-state index contributed by atoms with van der Waals surface area (Å²) in [6.45, 7) is 3.76. The molecule has 0 amide bonds. The summed E-state index contributed by atoms with van der Waals surface area (Å²) < 4.78 is 51.8. The number of benzene rings is 3. The first-order valence-corrected chi connectivity index (χ1v) is 11.2. The average Bonchev–Trinajstić information content (AvgIpc) is 2.85. The number of fused-ring (bicyclic) bond motifs is 1. The van der Waals surface area contributed by atoms with Crippen LogP contribution >= 0.6 is 0 Å². The second-order valence-electron chi connectivity index (χ2n) is 8.44. The topological polar surface area (TPSA) is 68.7 Å². The molecule has 4 rings (SSSR count). The number of carbonyl (C=O) groups is 1. The van der Waals surface area contributed by atoms with Crippen molar-refractivity contribution in [3.05, 3.63) is 95.2 Å². The van der Waals surface area contributed by atoms with Crippen LogP contribution in [0.25, 0.3) is 22.0 Å². The summed E-state index contributed by atoms with van der Waals surface area (Å²) in [5.74, 6) is -0.440. The van der Waals surface area contributed by atoms with Crippen molar-refractivity contribution in [1.29, 1.82) is 0 Å². The van der Waals surface area contributed by atoms with Gasteiger partial charge in [-0.3, -0.25) is 4.98 Å². The number of carboxylic acids is 1. The number of alkyl halides is 3. The molecule has 3 aromatic carbocycles. The van der Waals surface area contributed by atoms with E-state index in [0.29, 0.717) is 16.7 Å². The van der Waals surface area contributed by atoms with Gasteiger partial charge in [-0.05, 0) is 59.9 Å². The molecule has 1 N–H and O–H groups in total. The van der Waals surface area contributed by atoms with Gasteiger partial charge in [-0.15, -0.1) is 0 Å². The zero-order valence-corrected chi connectivity index (χ0v) is 19.7. The molecule has 5 nitrogen and oxygen atoms in total. The fraction of sp³-hybridized carbons (Fsp3) is 0.214. The van der Waals surface area contributed by atoms with Gasteiger partial charge < -0.3 is 14.6 Å². The third kappa shape index (κ3) is 5.66. The van der Waals surface area contributed by atoms with Crippen molar-refractivity contribution in [2.45, 2.75) is 39.3 Å².